The van der Waals surface area contributed by atoms with Gasteiger partial charge in [-0.05, 0) is 55.7 Å². The molecule has 1 N–H and O–H groups in total. The molecule has 0 unspecified atom stereocenters. The molecule has 2 atom stereocenters. The van der Waals surface area contributed by atoms with Gasteiger partial charge >= 0.3 is 0 Å². The molecular formula is C29H32Cl2N4O6S. The topological polar surface area (TPSA) is 130 Å². The van der Waals surface area contributed by atoms with Crippen molar-refractivity contribution in [1.82, 2.24) is 10.2 Å². The molecule has 13 heteroatoms. The second-order valence-corrected chi connectivity index (χ2v) is 12.3. The van der Waals surface area contributed by atoms with E-state index in [-0.39, 0.29) is 40.3 Å². The van der Waals surface area contributed by atoms with Crippen LogP contribution in [0.2, 0.25) is 10.0 Å². The van der Waals surface area contributed by atoms with Crippen LogP contribution in [-0.4, -0.2) is 48.7 Å². The minimum atomic E-state index is -4.36. The van der Waals surface area contributed by atoms with E-state index in [9.17, 15) is 28.1 Å². The number of nitro groups is 1. The normalized spacial score (nSPS) is 12.7. The molecule has 3 aromatic carbocycles. The number of nitro benzene ring substituents is 1. The Balaban J connectivity index is 2.11. The minimum Gasteiger partial charge on any atom is -0.352 e. The molecule has 42 heavy (non-hydrogen) atoms. The largest absolute Gasteiger partial charge is 0.352 e. The molecular weight excluding hydrogens is 603 g/mol. The van der Waals surface area contributed by atoms with E-state index in [1.165, 1.54) is 47.4 Å². The number of nitrogens with zero attached hydrogens (tertiary/aromatic N) is 3. The van der Waals surface area contributed by atoms with Crippen LogP contribution >= 0.6 is 23.2 Å². The van der Waals surface area contributed by atoms with Crippen LogP contribution in [-0.2, 0) is 26.2 Å². The molecule has 0 radical (unpaired) electrons. The van der Waals surface area contributed by atoms with Crippen LogP contribution < -0.4 is 9.62 Å². The predicted molar refractivity (Wildman–Crippen MR) is 163 cm³/mol. The van der Waals surface area contributed by atoms with Crippen molar-refractivity contribution in [3.8, 4) is 0 Å². The third kappa shape index (κ3) is 7.99. The maximum absolute atomic E-state index is 14.1. The molecule has 0 aliphatic carbocycles. The maximum Gasteiger partial charge on any atom is 0.271 e. The van der Waals surface area contributed by atoms with E-state index in [2.05, 4.69) is 5.32 Å². The van der Waals surface area contributed by atoms with Gasteiger partial charge in [-0.15, -0.1) is 0 Å². The zero-order chi connectivity index (χ0) is 31.0. The van der Waals surface area contributed by atoms with Crippen molar-refractivity contribution in [2.24, 2.45) is 0 Å². The number of rotatable bonds is 13. The second kappa shape index (κ2) is 14.5. The standard InChI is InChI=1S/C29H32Cl2N4O6S/c1-4-20(3)32-29(37)27(5-2)33(18-21-14-15-25(30)26(31)16-21)28(36)19-34(22-10-9-11-23(17-22)35(38)39)42(40,41)24-12-7-6-8-13-24/h6-17,20,27H,4-5,18-19H2,1-3H3,(H,32,37)/t20-,27-/m1/s1. The number of halogens is 2. The van der Waals surface area contributed by atoms with Crippen molar-refractivity contribution in [1.29, 1.82) is 0 Å². The lowest BCUT2D eigenvalue weighted by molar-refractivity contribution is -0.384. The van der Waals surface area contributed by atoms with Gasteiger partial charge in [0, 0.05) is 24.7 Å². The van der Waals surface area contributed by atoms with Crippen LogP contribution in [0.5, 0.6) is 0 Å². The van der Waals surface area contributed by atoms with Crippen LogP contribution in [0, 0.1) is 10.1 Å². The third-order valence-corrected chi connectivity index (χ3v) is 9.19. The average Bonchev–Trinajstić information content (AvgIpc) is 2.97. The van der Waals surface area contributed by atoms with Gasteiger partial charge in [-0.25, -0.2) is 8.42 Å². The monoisotopic (exact) mass is 634 g/mol. The van der Waals surface area contributed by atoms with E-state index in [1.54, 1.807) is 31.2 Å². The van der Waals surface area contributed by atoms with Crippen LogP contribution in [0.4, 0.5) is 11.4 Å². The number of nitrogens with one attached hydrogen (secondary N) is 1. The molecule has 3 aromatic rings. The molecule has 0 saturated heterocycles. The summed E-state index contributed by atoms with van der Waals surface area (Å²) in [5, 5.41) is 15.0. The molecule has 0 heterocycles. The maximum atomic E-state index is 14.1. The smallest absolute Gasteiger partial charge is 0.271 e. The van der Waals surface area contributed by atoms with E-state index in [0.717, 1.165) is 10.4 Å². The first-order chi connectivity index (χ1) is 19.9. The second-order valence-electron chi connectivity index (χ2n) is 9.61. The lowest BCUT2D eigenvalue weighted by Gasteiger charge is -2.33. The van der Waals surface area contributed by atoms with Gasteiger partial charge in [-0.1, -0.05) is 67.4 Å². The Morgan fingerprint density at radius 2 is 1.64 bits per heavy atom. The summed E-state index contributed by atoms with van der Waals surface area (Å²) in [6.07, 6.45) is 0.899. The van der Waals surface area contributed by atoms with Crippen molar-refractivity contribution < 1.29 is 22.9 Å². The first-order valence-electron chi connectivity index (χ1n) is 13.2. The summed E-state index contributed by atoms with van der Waals surface area (Å²) in [7, 11) is -4.36. The summed E-state index contributed by atoms with van der Waals surface area (Å²) in [6.45, 7) is 4.69. The van der Waals surface area contributed by atoms with Gasteiger partial charge < -0.3 is 10.2 Å². The Morgan fingerprint density at radius 1 is 0.952 bits per heavy atom. The number of sulfonamides is 1. The summed E-state index contributed by atoms with van der Waals surface area (Å²) in [6, 6.07) is 16.1. The number of amides is 2. The average molecular weight is 636 g/mol. The Morgan fingerprint density at radius 3 is 2.24 bits per heavy atom. The van der Waals surface area contributed by atoms with E-state index >= 15 is 0 Å². The summed E-state index contributed by atoms with van der Waals surface area (Å²) in [5.41, 5.74) is 0.147. The summed E-state index contributed by atoms with van der Waals surface area (Å²) in [4.78, 5) is 39.4. The Labute approximate surface area is 255 Å². The highest BCUT2D eigenvalue weighted by molar-refractivity contribution is 7.92. The Hall–Kier alpha value is -3.67. The van der Waals surface area contributed by atoms with Gasteiger partial charge in [0.15, 0.2) is 0 Å². The van der Waals surface area contributed by atoms with Gasteiger partial charge in [-0.2, -0.15) is 0 Å². The zero-order valence-electron chi connectivity index (χ0n) is 23.4. The first kappa shape index (κ1) is 32.8. The minimum absolute atomic E-state index is 0.0731. The molecule has 0 saturated carbocycles. The van der Waals surface area contributed by atoms with Crippen molar-refractivity contribution in [2.45, 2.75) is 57.1 Å². The van der Waals surface area contributed by atoms with Gasteiger partial charge in [0.1, 0.15) is 12.6 Å². The molecule has 3 rings (SSSR count). The fourth-order valence-electron chi connectivity index (χ4n) is 4.21. The van der Waals surface area contributed by atoms with Crippen molar-refractivity contribution in [3.05, 3.63) is 98.5 Å². The Kier molecular flexibility index (Phi) is 11.3. The zero-order valence-corrected chi connectivity index (χ0v) is 25.7. The number of benzene rings is 3. The third-order valence-electron chi connectivity index (χ3n) is 6.66. The summed E-state index contributed by atoms with van der Waals surface area (Å²) in [5.74, 6) is -1.09. The summed E-state index contributed by atoms with van der Waals surface area (Å²) >= 11 is 12.3. The van der Waals surface area contributed by atoms with Crippen LogP contribution in [0.1, 0.15) is 39.2 Å². The van der Waals surface area contributed by atoms with Crippen molar-refractivity contribution in [3.63, 3.8) is 0 Å². The number of non-ortho nitro benzene ring substituents is 1. The number of hydrogen-bond acceptors (Lipinski definition) is 6. The number of hydrogen-bond donors (Lipinski definition) is 1. The van der Waals surface area contributed by atoms with Gasteiger partial charge in [-0.3, -0.25) is 24.0 Å². The van der Waals surface area contributed by atoms with Crippen molar-refractivity contribution >= 4 is 56.4 Å². The SMILES string of the molecule is CC[C@@H](C)NC(=O)[C@@H](CC)N(Cc1ccc(Cl)c(Cl)c1)C(=O)CN(c1cccc([N+](=O)[O-])c1)S(=O)(=O)c1ccccc1. The first-order valence-corrected chi connectivity index (χ1v) is 15.4. The molecule has 10 nitrogen and oxygen atoms in total. The van der Waals surface area contributed by atoms with Gasteiger partial charge in [0.25, 0.3) is 15.7 Å². The lowest BCUT2D eigenvalue weighted by atomic mass is 10.1. The van der Waals surface area contributed by atoms with E-state index in [4.69, 9.17) is 23.2 Å². The Bertz CT molecular complexity index is 1540. The molecule has 2 amide bonds. The highest BCUT2D eigenvalue weighted by Crippen LogP contribution is 2.28. The fraction of sp³-hybridized carbons (Fsp3) is 0.310. The molecule has 0 bridgehead atoms. The highest BCUT2D eigenvalue weighted by atomic mass is 35.5. The molecule has 224 valence electrons. The van der Waals surface area contributed by atoms with E-state index in [0.29, 0.717) is 17.0 Å². The van der Waals surface area contributed by atoms with Gasteiger partial charge in [0.2, 0.25) is 11.8 Å². The van der Waals surface area contributed by atoms with E-state index < -0.39 is 39.3 Å². The fourth-order valence-corrected chi connectivity index (χ4v) is 5.95. The lowest BCUT2D eigenvalue weighted by Crippen LogP contribution is -2.53. The van der Waals surface area contributed by atoms with Crippen LogP contribution in [0.25, 0.3) is 0 Å². The van der Waals surface area contributed by atoms with Crippen molar-refractivity contribution in [2.75, 3.05) is 10.8 Å². The van der Waals surface area contributed by atoms with Crippen LogP contribution in [0.3, 0.4) is 0 Å². The predicted octanol–water partition coefficient (Wildman–Crippen LogP) is 5.82. The molecule has 0 aliphatic rings. The van der Waals surface area contributed by atoms with E-state index in [1.807, 2.05) is 13.8 Å². The van der Waals surface area contributed by atoms with Gasteiger partial charge in [0.05, 0.1) is 25.6 Å². The quantitative estimate of drug-likeness (QED) is 0.186. The van der Waals surface area contributed by atoms with Crippen LogP contribution in [0.15, 0.2) is 77.7 Å². The summed E-state index contributed by atoms with van der Waals surface area (Å²) < 4.78 is 28.5. The molecule has 0 spiro atoms. The molecule has 0 aromatic heterocycles. The number of carbonyl (C=O) groups is 2. The molecule has 0 fully saturated rings. The number of carbonyl (C=O) groups excluding carboxylic acids is 2. The highest BCUT2D eigenvalue weighted by Gasteiger charge is 2.34. The number of anilines is 1. The molecule has 0 aliphatic heterocycles.